The Labute approximate surface area is 122 Å². The van der Waals surface area contributed by atoms with Crippen LogP contribution >= 0.6 is 0 Å². The molecule has 1 atom stereocenters. The molecular weight excluding hydrogens is 252 g/mol. The van der Waals surface area contributed by atoms with Gasteiger partial charge in [-0.05, 0) is 32.5 Å². The second-order valence-corrected chi connectivity index (χ2v) is 4.98. The fraction of sp³-hybridized carbons (Fsp3) is 0.562. The van der Waals surface area contributed by atoms with Gasteiger partial charge in [-0.2, -0.15) is 0 Å². The second-order valence-electron chi connectivity index (χ2n) is 4.98. The quantitative estimate of drug-likeness (QED) is 0.832. The van der Waals surface area contributed by atoms with Gasteiger partial charge in [-0.3, -0.25) is 4.90 Å². The Balaban J connectivity index is 2.71. The molecule has 1 unspecified atom stereocenters. The van der Waals surface area contributed by atoms with Gasteiger partial charge in [-0.15, -0.1) is 0 Å². The molecule has 0 aromatic heterocycles. The number of ether oxygens (including phenoxy) is 1. The minimum absolute atomic E-state index is 0.0985. The summed E-state index contributed by atoms with van der Waals surface area (Å²) in [6, 6.07) is 10.4. The molecule has 4 heteroatoms. The van der Waals surface area contributed by atoms with E-state index in [-0.39, 0.29) is 18.2 Å². The molecule has 0 spiro atoms. The average Bonchev–Trinajstić information content (AvgIpc) is 2.43. The molecule has 0 bridgehead atoms. The Morgan fingerprint density at radius 2 is 1.80 bits per heavy atom. The Hall–Kier alpha value is -1.55. The molecule has 112 valence electrons. The smallest absolute Gasteiger partial charge is 0.407 e. The first-order valence-corrected chi connectivity index (χ1v) is 7.31. The molecule has 1 amide bonds. The third-order valence-corrected chi connectivity index (χ3v) is 3.22. The Morgan fingerprint density at radius 1 is 1.20 bits per heavy atom. The minimum Gasteiger partial charge on any atom is -0.447 e. The average molecular weight is 278 g/mol. The molecular formula is C16H26N2O2. The van der Waals surface area contributed by atoms with E-state index >= 15 is 0 Å². The van der Waals surface area contributed by atoms with Gasteiger partial charge in [0.25, 0.3) is 0 Å². The van der Waals surface area contributed by atoms with Gasteiger partial charge in [-0.25, -0.2) is 4.79 Å². The standard InChI is InChI=1S/C16H26N2O2/c1-5-18(6-2)15(14-10-8-7-9-11-14)12-17-16(19)20-13(3)4/h7-11,13,15H,5-6,12H2,1-4H3,(H,17,19). The van der Waals surface area contributed by atoms with Gasteiger partial charge in [0.15, 0.2) is 0 Å². The lowest BCUT2D eigenvalue weighted by Crippen LogP contribution is -2.38. The van der Waals surface area contributed by atoms with Crippen LogP contribution in [0.25, 0.3) is 0 Å². The number of rotatable bonds is 7. The topological polar surface area (TPSA) is 41.6 Å². The van der Waals surface area contributed by atoms with Crippen LogP contribution in [-0.2, 0) is 4.74 Å². The lowest BCUT2D eigenvalue weighted by molar-refractivity contribution is 0.111. The summed E-state index contributed by atoms with van der Waals surface area (Å²) in [5.41, 5.74) is 1.21. The van der Waals surface area contributed by atoms with Gasteiger partial charge in [0.05, 0.1) is 12.1 Å². The zero-order valence-corrected chi connectivity index (χ0v) is 12.9. The summed E-state index contributed by atoms with van der Waals surface area (Å²) < 4.78 is 5.11. The number of alkyl carbamates (subject to hydrolysis) is 1. The largest absolute Gasteiger partial charge is 0.447 e. The van der Waals surface area contributed by atoms with E-state index in [2.05, 4.69) is 36.2 Å². The van der Waals surface area contributed by atoms with Crippen LogP contribution in [0.15, 0.2) is 30.3 Å². The van der Waals surface area contributed by atoms with Crippen LogP contribution < -0.4 is 5.32 Å². The second kappa shape index (κ2) is 8.59. The highest BCUT2D eigenvalue weighted by Gasteiger charge is 2.19. The van der Waals surface area contributed by atoms with Gasteiger partial charge in [0.2, 0.25) is 0 Å². The van der Waals surface area contributed by atoms with E-state index in [0.717, 1.165) is 13.1 Å². The van der Waals surface area contributed by atoms with Gasteiger partial charge >= 0.3 is 6.09 Å². The molecule has 1 rings (SSSR count). The molecule has 1 aromatic rings. The van der Waals surface area contributed by atoms with Gasteiger partial charge in [0, 0.05) is 6.54 Å². The van der Waals surface area contributed by atoms with Crippen molar-refractivity contribution in [1.29, 1.82) is 0 Å². The maximum Gasteiger partial charge on any atom is 0.407 e. The predicted molar refractivity (Wildman–Crippen MR) is 81.7 cm³/mol. The zero-order valence-electron chi connectivity index (χ0n) is 12.9. The first kappa shape index (κ1) is 16.5. The fourth-order valence-electron chi connectivity index (χ4n) is 2.23. The summed E-state index contributed by atoms with van der Waals surface area (Å²) in [4.78, 5) is 14.0. The van der Waals surface area contributed by atoms with Gasteiger partial charge in [0.1, 0.15) is 0 Å². The van der Waals surface area contributed by atoms with Crippen molar-refractivity contribution in [2.24, 2.45) is 0 Å². The SMILES string of the molecule is CCN(CC)C(CNC(=O)OC(C)C)c1ccccc1. The Kier molecular flexibility index (Phi) is 7.09. The number of likely N-dealkylation sites (N-methyl/N-ethyl adjacent to an activating group) is 1. The van der Waals surface area contributed by atoms with Gasteiger partial charge < -0.3 is 10.1 Å². The number of carbonyl (C=O) groups excluding carboxylic acids is 1. The fourth-order valence-corrected chi connectivity index (χ4v) is 2.23. The monoisotopic (exact) mass is 278 g/mol. The van der Waals surface area contributed by atoms with Gasteiger partial charge in [-0.1, -0.05) is 44.2 Å². The molecule has 1 N–H and O–H groups in total. The molecule has 0 saturated heterocycles. The number of hydrogen-bond donors (Lipinski definition) is 1. The van der Waals surface area contributed by atoms with E-state index in [0.29, 0.717) is 6.54 Å². The van der Waals surface area contributed by atoms with E-state index in [4.69, 9.17) is 4.74 Å². The van der Waals surface area contributed by atoms with E-state index < -0.39 is 0 Å². The maximum atomic E-state index is 11.6. The Bertz CT molecular complexity index is 389. The molecule has 1 aromatic carbocycles. The van der Waals surface area contributed by atoms with Crippen LogP contribution in [0.1, 0.15) is 39.3 Å². The summed E-state index contributed by atoms with van der Waals surface area (Å²) in [5.74, 6) is 0. The number of nitrogens with zero attached hydrogens (tertiary/aromatic N) is 1. The van der Waals surface area contributed by atoms with Crippen LogP contribution in [0, 0.1) is 0 Å². The van der Waals surface area contributed by atoms with E-state index in [1.54, 1.807) is 0 Å². The van der Waals surface area contributed by atoms with E-state index in [1.807, 2.05) is 32.0 Å². The Morgan fingerprint density at radius 3 is 2.30 bits per heavy atom. The van der Waals surface area contributed by atoms with Crippen LogP contribution in [0.5, 0.6) is 0 Å². The highest BCUT2D eigenvalue weighted by molar-refractivity contribution is 5.67. The molecule has 0 heterocycles. The van der Waals surface area contributed by atoms with Crippen molar-refractivity contribution in [2.75, 3.05) is 19.6 Å². The summed E-state index contributed by atoms with van der Waals surface area (Å²) >= 11 is 0. The van der Waals surface area contributed by atoms with Crippen molar-refractivity contribution < 1.29 is 9.53 Å². The van der Waals surface area contributed by atoms with Crippen molar-refractivity contribution in [3.63, 3.8) is 0 Å². The predicted octanol–water partition coefficient (Wildman–Crippen LogP) is 3.20. The zero-order chi connectivity index (χ0) is 15.0. The first-order chi connectivity index (χ1) is 9.58. The van der Waals surface area contributed by atoms with Crippen LogP contribution in [0.4, 0.5) is 4.79 Å². The van der Waals surface area contributed by atoms with Crippen molar-refractivity contribution in [2.45, 2.75) is 39.8 Å². The van der Waals surface area contributed by atoms with Crippen LogP contribution in [0.2, 0.25) is 0 Å². The van der Waals surface area contributed by atoms with Crippen LogP contribution in [-0.4, -0.2) is 36.7 Å². The normalized spacial score (nSPS) is 12.5. The number of carbonyl (C=O) groups is 1. The van der Waals surface area contributed by atoms with Crippen LogP contribution in [0.3, 0.4) is 0 Å². The summed E-state index contributed by atoms with van der Waals surface area (Å²) in [7, 11) is 0. The summed E-state index contributed by atoms with van der Waals surface area (Å²) in [6.45, 7) is 10.4. The van der Waals surface area contributed by atoms with Crippen molar-refractivity contribution in [1.82, 2.24) is 10.2 Å². The highest BCUT2D eigenvalue weighted by Crippen LogP contribution is 2.19. The highest BCUT2D eigenvalue weighted by atomic mass is 16.6. The lowest BCUT2D eigenvalue weighted by atomic mass is 10.1. The van der Waals surface area contributed by atoms with E-state index in [9.17, 15) is 4.79 Å². The summed E-state index contributed by atoms with van der Waals surface area (Å²) in [5, 5.41) is 2.86. The molecule has 0 saturated carbocycles. The molecule has 4 nitrogen and oxygen atoms in total. The first-order valence-electron chi connectivity index (χ1n) is 7.31. The molecule has 0 aliphatic heterocycles. The minimum atomic E-state index is -0.354. The third-order valence-electron chi connectivity index (χ3n) is 3.22. The number of amides is 1. The molecule has 0 fully saturated rings. The summed E-state index contributed by atoms with van der Waals surface area (Å²) in [6.07, 6.45) is -0.452. The number of hydrogen-bond acceptors (Lipinski definition) is 3. The number of nitrogens with one attached hydrogen (secondary N) is 1. The third kappa shape index (κ3) is 5.21. The van der Waals surface area contributed by atoms with Crippen molar-refractivity contribution in [3.8, 4) is 0 Å². The van der Waals surface area contributed by atoms with Crippen molar-refractivity contribution in [3.05, 3.63) is 35.9 Å². The molecule has 20 heavy (non-hydrogen) atoms. The maximum absolute atomic E-state index is 11.6. The molecule has 0 aliphatic rings. The number of benzene rings is 1. The van der Waals surface area contributed by atoms with E-state index in [1.165, 1.54) is 5.56 Å². The molecule has 0 radical (unpaired) electrons. The molecule has 0 aliphatic carbocycles. The van der Waals surface area contributed by atoms with Crippen molar-refractivity contribution >= 4 is 6.09 Å². The lowest BCUT2D eigenvalue weighted by Gasteiger charge is -2.30.